The normalized spacial score (nSPS) is 16.5. The number of hydrogen-bond acceptors (Lipinski definition) is 8. The van der Waals surface area contributed by atoms with Crippen molar-refractivity contribution in [2.45, 2.75) is 32.2 Å². The minimum Gasteiger partial charge on any atom is -0.476 e. The van der Waals surface area contributed by atoms with E-state index in [4.69, 9.17) is 4.74 Å². The number of anilines is 1. The standard InChI is InChI=1S/C26H30N6O3S/c1-27-24(34)22-25(35-16-18-7-12-32(13-8-18)15-17-4-9-28-10-5-17)31-26(36-22)20-6-11-29-21(14-20)30-23(33)19-2-3-19/h4-6,9-11,14,18-19H,2-3,7-8,12-13,15-16H2,1H3,(H,27,34)(H,29,30,33). The van der Waals surface area contributed by atoms with Crippen LogP contribution in [0.25, 0.3) is 10.6 Å². The number of nitrogens with one attached hydrogen (secondary N) is 2. The summed E-state index contributed by atoms with van der Waals surface area (Å²) >= 11 is 1.28. The molecule has 2 fully saturated rings. The fraction of sp³-hybridized carbons (Fsp3) is 0.423. The Kier molecular flexibility index (Phi) is 7.52. The third-order valence-corrected chi connectivity index (χ3v) is 7.64. The van der Waals surface area contributed by atoms with Crippen LogP contribution in [-0.4, -0.2) is 58.4 Å². The second-order valence-electron chi connectivity index (χ2n) is 9.31. The number of carbonyl (C=O) groups excluding carboxylic acids is 2. The quantitative estimate of drug-likeness (QED) is 0.456. The number of carbonyl (C=O) groups is 2. The first kappa shape index (κ1) is 24.3. The number of likely N-dealkylation sites (tertiary alicyclic amines) is 1. The predicted molar refractivity (Wildman–Crippen MR) is 138 cm³/mol. The van der Waals surface area contributed by atoms with E-state index in [9.17, 15) is 9.59 Å². The molecule has 10 heteroatoms. The molecule has 5 rings (SSSR count). The van der Waals surface area contributed by atoms with Gasteiger partial charge in [0.15, 0.2) is 4.88 Å². The summed E-state index contributed by atoms with van der Waals surface area (Å²) in [6.07, 6.45) is 9.23. The van der Waals surface area contributed by atoms with E-state index < -0.39 is 0 Å². The molecule has 2 amide bonds. The number of pyridine rings is 2. The maximum absolute atomic E-state index is 12.5. The lowest BCUT2D eigenvalue weighted by molar-refractivity contribution is -0.117. The minimum absolute atomic E-state index is 0.000635. The van der Waals surface area contributed by atoms with Crippen molar-refractivity contribution < 1.29 is 14.3 Å². The smallest absolute Gasteiger partial charge is 0.266 e. The van der Waals surface area contributed by atoms with Gasteiger partial charge in [-0.05, 0) is 74.5 Å². The third-order valence-electron chi connectivity index (χ3n) is 6.55. The molecule has 1 aliphatic heterocycles. The zero-order valence-electron chi connectivity index (χ0n) is 20.3. The molecule has 0 unspecified atom stereocenters. The van der Waals surface area contributed by atoms with Gasteiger partial charge in [0.1, 0.15) is 10.8 Å². The van der Waals surface area contributed by atoms with Crippen molar-refractivity contribution in [1.29, 1.82) is 0 Å². The summed E-state index contributed by atoms with van der Waals surface area (Å²) < 4.78 is 6.12. The molecule has 3 aromatic rings. The first-order chi connectivity index (χ1) is 17.6. The lowest BCUT2D eigenvalue weighted by Crippen LogP contribution is -2.35. The molecule has 9 nitrogen and oxygen atoms in total. The predicted octanol–water partition coefficient (Wildman–Crippen LogP) is 3.60. The molecule has 1 saturated carbocycles. The Morgan fingerprint density at radius 2 is 1.89 bits per heavy atom. The van der Waals surface area contributed by atoms with Crippen LogP contribution in [0.15, 0.2) is 42.9 Å². The van der Waals surface area contributed by atoms with E-state index in [1.54, 1.807) is 19.3 Å². The van der Waals surface area contributed by atoms with E-state index in [1.807, 2.05) is 18.5 Å². The van der Waals surface area contributed by atoms with Gasteiger partial charge in [-0.2, -0.15) is 0 Å². The lowest BCUT2D eigenvalue weighted by atomic mass is 9.97. The van der Waals surface area contributed by atoms with Gasteiger partial charge < -0.3 is 15.4 Å². The van der Waals surface area contributed by atoms with Crippen LogP contribution in [0, 0.1) is 11.8 Å². The van der Waals surface area contributed by atoms with Crippen LogP contribution in [0.2, 0.25) is 0 Å². The van der Waals surface area contributed by atoms with Gasteiger partial charge >= 0.3 is 0 Å². The molecule has 188 valence electrons. The van der Waals surface area contributed by atoms with Crippen LogP contribution in [0.1, 0.15) is 40.9 Å². The van der Waals surface area contributed by atoms with Crippen molar-refractivity contribution >= 4 is 29.0 Å². The number of ether oxygens (including phenoxy) is 1. The lowest BCUT2D eigenvalue weighted by Gasteiger charge is -2.31. The van der Waals surface area contributed by atoms with Gasteiger partial charge in [-0.3, -0.25) is 19.5 Å². The molecule has 3 aromatic heterocycles. The molecule has 2 aliphatic rings. The average molecular weight is 507 g/mol. The Labute approximate surface area is 214 Å². The number of piperidine rings is 1. The van der Waals surface area contributed by atoms with Gasteiger partial charge in [0.2, 0.25) is 11.8 Å². The van der Waals surface area contributed by atoms with Gasteiger partial charge in [0.25, 0.3) is 5.91 Å². The molecule has 0 radical (unpaired) electrons. The first-order valence-corrected chi connectivity index (χ1v) is 13.1. The number of amides is 2. The number of aromatic nitrogens is 3. The zero-order chi connectivity index (χ0) is 24.9. The van der Waals surface area contributed by atoms with Crippen molar-refractivity contribution in [3.63, 3.8) is 0 Å². The van der Waals surface area contributed by atoms with E-state index in [1.165, 1.54) is 16.9 Å². The molecular weight excluding hydrogens is 476 g/mol. The van der Waals surface area contributed by atoms with Crippen molar-refractivity contribution in [3.8, 4) is 16.5 Å². The third kappa shape index (κ3) is 6.06. The van der Waals surface area contributed by atoms with Crippen molar-refractivity contribution in [1.82, 2.24) is 25.2 Å². The Morgan fingerprint density at radius 1 is 1.11 bits per heavy atom. The van der Waals surface area contributed by atoms with Gasteiger partial charge in [-0.15, -0.1) is 11.3 Å². The van der Waals surface area contributed by atoms with Crippen LogP contribution in [-0.2, 0) is 11.3 Å². The summed E-state index contributed by atoms with van der Waals surface area (Å²) in [4.78, 5) is 40.5. The van der Waals surface area contributed by atoms with Gasteiger partial charge in [0, 0.05) is 43.7 Å². The Hall–Kier alpha value is -3.37. The Bertz CT molecular complexity index is 1210. The fourth-order valence-electron chi connectivity index (χ4n) is 4.24. The molecular formula is C26H30N6O3S. The van der Waals surface area contributed by atoms with Crippen molar-refractivity contribution in [2.24, 2.45) is 11.8 Å². The Balaban J connectivity index is 1.22. The largest absolute Gasteiger partial charge is 0.476 e. The summed E-state index contributed by atoms with van der Waals surface area (Å²) in [5, 5.41) is 6.20. The molecule has 0 spiro atoms. The highest BCUT2D eigenvalue weighted by molar-refractivity contribution is 7.17. The topological polar surface area (TPSA) is 109 Å². The summed E-state index contributed by atoms with van der Waals surface area (Å²) in [6.45, 7) is 3.47. The number of hydrogen-bond donors (Lipinski definition) is 2. The summed E-state index contributed by atoms with van der Waals surface area (Å²) in [6, 6.07) is 7.72. The average Bonchev–Trinajstić information content (AvgIpc) is 3.68. The van der Waals surface area contributed by atoms with Gasteiger partial charge in [-0.25, -0.2) is 9.97 Å². The first-order valence-electron chi connectivity index (χ1n) is 12.3. The maximum atomic E-state index is 12.5. The van der Waals surface area contributed by atoms with Gasteiger partial charge in [-0.1, -0.05) is 0 Å². The van der Waals surface area contributed by atoms with Gasteiger partial charge in [0.05, 0.1) is 6.61 Å². The molecule has 0 atom stereocenters. The second kappa shape index (κ2) is 11.1. The number of nitrogens with zero attached hydrogens (tertiary/aromatic N) is 4. The fourth-order valence-corrected chi connectivity index (χ4v) is 5.20. The Morgan fingerprint density at radius 3 is 2.61 bits per heavy atom. The zero-order valence-corrected chi connectivity index (χ0v) is 21.1. The van der Waals surface area contributed by atoms with E-state index in [2.05, 4.69) is 42.6 Å². The summed E-state index contributed by atoms with van der Waals surface area (Å²) in [5.74, 6) is 1.12. The van der Waals surface area contributed by atoms with Crippen LogP contribution in [0.3, 0.4) is 0 Å². The van der Waals surface area contributed by atoms with E-state index in [0.717, 1.165) is 50.9 Å². The number of rotatable bonds is 9. The highest BCUT2D eigenvalue weighted by atomic mass is 32.1. The SMILES string of the molecule is CNC(=O)c1sc(-c2ccnc(NC(=O)C3CC3)c2)nc1OCC1CCN(Cc2ccncc2)CC1. The molecule has 1 saturated heterocycles. The highest BCUT2D eigenvalue weighted by Crippen LogP contribution is 2.35. The number of thiazole rings is 1. The van der Waals surface area contributed by atoms with Crippen LogP contribution < -0.4 is 15.4 Å². The molecule has 4 heterocycles. The molecule has 36 heavy (non-hydrogen) atoms. The molecule has 1 aliphatic carbocycles. The van der Waals surface area contributed by atoms with Crippen LogP contribution in [0.4, 0.5) is 5.82 Å². The monoisotopic (exact) mass is 506 g/mol. The highest BCUT2D eigenvalue weighted by Gasteiger charge is 2.30. The van der Waals surface area contributed by atoms with Crippen molar-refractivity contribution in [3.05, 3.63) is 53.3 Å². The minimum atomic E-state index is -0.225. The van der Waals surface area contributed by atoms with Crippen molar-refractivity contribution in [2.75, 3.05) is 32.1 Å². The maximum Gasteiger partial charge on any atom is 0.266 e. The summed E-state index contributed by atoms with van der Waals surface area (Å²) in [7, 11) is 1.60. The van der Waals surface area contributed by atoms with Crippen LogP contribution >= 0.6 is 11.3 Å². The van der Waals surface area contributed by atoms with Crippen LogP contribution in [0.5, 0.6) is 5.88 Å². The second-order valence-corrected chi connectivity index (χ2v) is 10.3. The molecule has 0 bridgehead atoms. The summed E-state index contributed by atoms with van der Waals surface area (Å²) in [5.41, 5.74) is 2.06. The van der Waals surface area contributed by atoms with E-state index >= 15 is 0 Å². The van der Waals surface area contributed by atoms with E-state index in [-0.39, 0.29) is 17.7 Å². The molecule has 2 N–H and O–H groups in total. The molecule has 0 aromatic carbocycles. The van der Waals surface area contributed by atoms with E-state index in [0.29, 0.717) is 34.1 Å².